The zero-order valence-electron chi connectivity index (χ0n) is 13.2. The average Bonchev–Trinajstić information content (AvgIpc) is 2.87. The zero-order chi connectivity index (χ0) is 15.6. The van der Waals surface area contributed by atoms with Crippen LogP contribution in [0, 0.1) is 0 Å². The van der Waals surface area contributed by atoms with Crippen molar-refractivity contribution in [2.45, 2.75) is 51.6 Å². The fourth-order valence-corrected chi connectivity index (χ4v) is 3.11. The molecule has 6 heteroatoms. The number of aryl methyl sites for hydroxylation is 1. The first-order valence-electron chi connectivity index (χ1n) is 7.55. The number of piperazine rings is 1. The second kappa shape index (κ2) is 5.87. The quantitative estimate of drug-likeness (QED) is 0.875. The Balaban J connectivity index is 2.24. The molecule has 0 radical (unpaired) electrons. The lowest BCUT2D eigenvalue weighted by atomic mass is 9.86. The van der Waals surface area contributed by atoms with Crippen LogP contribution in [-0.4, -0.2) is 44.6 Å². The van der Waals surface area contributed by atoms with Crippen molar-refractivity contribution in [3.63, 3.8) is 0 Å². The van der Waals surface area contributed by atoms with E-state index in [1.807, 2.05) is 27.0 Å². The molecule has 0 bridgehead atoms. The lowest BCUT2D eigenvalue weighted by Crippen LogP contribution is -2.69. The van der Waals surface area contributed by atoms with Crippen LogP contribution in [0.3, 0.4) is 0 Å². The summed E-state index contributed by atoms with van der Waals surface area (Å²) in [4.78, 5) is 26.8. The van der Waals surface area contributed by atoms with Gasteiger partial charge in [0.25, 0.3) is 0 Å². The first kappa shape index (κ1) is 15.5. The van der Waals surface area contributed by atoms with Gasteiger partial charge < -0.3 is 10.2 Å². The molecular formula is C15H24N4O2. The topological polar surface area (TPSA) is 67.2 Å². The van der Waals surface area contributed by atoms with Gasteiger partial charge in [0, 0.05) is 31.9 Å². The Morgan fingerprint density at radius 1 is 1.33 bits per heavy atom. The predicted octanol–water partition coefficient (Wildman–Crippen LogP) is 0.868. The molecule has 0 aromatic carbocycles. The molecule has 2 amide bonds. The van der Waals surface area contributed by atoms with Crippen molar-refractivity contribution in [3.05, 3.63) is 18.0 Å². The third-order valence-electron chi connectivity index (χ3n) is 4.61. The van der Waals surface area contributed by atoms with Crippen LogP contribution in [0.25, 0.3) is 0 Å². The van der Waals surface area contributed by atoms with Crippen LogP contribution >= 0.6 is 0 Å². The molecule has 116 valence electrons. The van der Waals surface area contributed by atoms with Crippen molar-refractivity contribution in [1.82, 2.24) is 20.0 Å². The van der Waals surface area contributed by atoms with E-state index in [0.29, 0.717) is 25.8 Å². The van der Waals surface area contributed by atoms with Crippen LogP contribution in [0.1, 0.15) is 39.3 Å². The van der Waals surface area contributed by atoms with Gasteiger partial charge in [-0.05, 0) is 25.8 Å². The summed E-state index contributed by atoms with van der Waals surface area (Å²) in [6.45, 7) is 6.21. The first-order chi connectivity index (χ1) is 9.96. The van der Waals surface area contributed by atoms with E-state index in [4.69, 9.17) is 0 Å². The molecule has 0 aliphatic carbocycles. The molecule has 1 N–H and O–H groups in total. The Hall–Kier alpha value is -1.85. The largest absolute Gasteiger partial charge is 0.343 e. The van der Waals surface area contributed by atoms with Crippen molar-refractivity contribution < 1.29 is 9.59 Å². The van der Waals surface area contributed by atoms with Gasteiger partial charge in [0.15, 0.2) is 0 Å². The number of hydrogen-bond acceptors (Lipinski definition) is 3. The molecule has 1 atom stereocenters. The molecule has 6 nitrogen and oxygen atoms in total. The predicted molar refractivity (Wildman–Crippen MR) is 79.5 cm³/mol. The molecule has 1 unspecified atom stereocenters. The molecule has 0 spiro atoms. The van der Waals surface area contributed by atoms with Gasteiger partial charge in [-0.25, -0.2) is 0 Å². The fraction of sp³-hybridized carbons (Fsp3) is 0.667. The van der Waals surface area contributed by atoms with Crippen molar-refractivity contribution in [3.8, 4) is 0 Å². The second-order valence-corrected chi connectivity index (χ2v) is 5.62. The van der Waals surface area contributed by atoms with Crippen molar-refractivity contribution in [2.75, 3.05) is 6.54 Å². The van der Waals surface area contributed by atoms with Gasteiger partial charge >= 0.3 is 0 Å². The SMILES string of the molecule is CCC1(CC)C(=O)NC(C)C(=O)N1CCc1ccnn1C. The van der Waals surface area contributed by atoms with E-state index in [1.165, 1.54) is 0 Å². The lowest BCUT2D eigenvalue weighted by Gasteiger charge is -2.47. The number of hydrogen-bond donors (Lipinski definition) is 1. The highest BCUT2D eigenvalue weighted by molar-refractivity contribution is 5.99. The number of carbonyl (C=O) groups is 2. The van der Waals surface area contributed by atoms with Crippen LogP contribution in [0.2, 0.25) is 0 Å². The van der Waals surface area contributed by atoms with Gasteiger partial charge in [-0.15, -0.1) is 0 Å². The third-order valence-corrected chi connectivity index (χ3v) is 4.61. The minimum Gasteiger partial charge on any atom is -0.343 e. The molecule has 0 saturated carbocycles. The monoisotopic (exact) mass is 292 g/mol. The molecular weight excluding hydrogens is 268 g/mol. The smallest absolute Gasteiger partial charge is 0.246 e. The minimum atomic E-state index is -0.720. The van der Waals surface area contributed by atoms with Gasteiger partial charge in [0.2, 0.25) is 11.8 Å². The molecule has 21 heavy (non-hydrogen) atoms. The van der Waals surface area contributed by atoms with Gasteiger partial charge in [-0.2, -0.15) is 5.10 Å². The van der Waals surface area contributed by atoms with Crippen LogP contribution in [0.15, 0.2) is 12.3 Å². The molecule has 1 aliphatic heterocycles. The van der Waals surface area contributed by atoms with Gasteiger partial charge in [-0.3, -0.25) is 14.3 Å². The molecule has 2 rings (SSSR count). The fourth-order valence-electron chi connectivity index (χ4n) is 3.11. The summed E-state index contributed by atoms with van der Waals surface area (Å²) < 4.78 is 1.80. The van der Waals surface area contributed by atoms with E-state index in [9.17, 15) is 9.59 Å². The number of nitrogens with one attached hydrogen (secondary N) is 1. The number of nitrogens with zero attached hydrogens (tertiary/aromatic N) is 3. The summed E-state index contributed by atoms with van der Waals surface area (Å²) in [5.74, 6) is -0.0370. The van der Waals surface area contributed by atoms with Crippen LogP contribution < -0.4 is 5.32 Å². The molecule has 1 aromatic rings. The minimum absolute atomic E-state index is 0.000434. The lowest BCUT2D eigenvalue weighted by molar-refractivity contribution is -0.157. The Bertz CT molecular complexity index is 534. The van der Waals surface area contributed by atoms with Crippen molar-refractivity contribution in [1.29, 1.82) is 0 Å². The van der Waals surface area contributed by atoms with Crippen molar-refractivity contribution in [2.24, 2.45) is 7.05 Å². The Kier molecular flexibility index (Phi) is 4.34. The van der Waals surface area contributed by atoms with Crippen LogP contribution in [0.5, 0.6) is 0 Å². The van der Waals surface area contributed by atoms with Crippen LogP contribution in [-0.2, 0) is 23.1 Å². The summed E-state index contributed by atoms with van der Waals surface area (Å²) in [5, 5.41) is 6.95. The van der Waals surface area contributed by atoms with Crippen molar-refractivity contribution >= 4 is 11.8 Å². The maximum atomic E-state index is 12.5. The highest BCUT2D eigenvalue weighted by Crippen LogP contribution is 2.29. The summed E-state index contributed by atoms with van der Waals surface area (Å²) in [7, 11) is 1.88. The van der Waals surface area contributed by atoms with E-state index >= 15 is 0 Å². The van der Waals surface area contributed by atoms with E-state index in [2.05, 4.69) is 10.4 Å². The Morgan fingerprint density at radius 3 is 2.52 bits per heavy atom. The zero-order valence-corrected chi connectivity index (χ0v) is 13.2. The van der Waals surface area contributed by atoms with Gasteiger partial charge in [0.05, 0.1) is 0 Å². The van der Waals surface area contributed by atoms with E-state index in [-0.39, 0.29) is 11.8 Å². The van der Waals surface area contributed by atoms with Gasteiger partial charge in [-0.1, -0.05) is 13.8 Å². The normalized spacial score (nSPS) is 21.5. The van der Waals surface area contributed by atoms with E-state index in [1.54, 1.807) is 22.7 Å². The summed E-state index contributed by atoms with van der Waals surface area (Å²) in [6.07, 6.45) is 3.69. The number of carbonyl (C=O) groups excluding carboxylic acids is 2. The highest BCUT2D eigenvalue weighted by atomic mass is 16.2. The standard InChI is InChI=1S/C15H24N4O2/c1-5-15(6-2)14(21)17-11(3)13(20)19(15)10-8-12-7-9-16-18(12)4/h7,9,11H,5-6,8,10H2,1-4H3,(H,17,21). The van der Waals surface area contributed by atoms with Gasteiger partial charge in [0.1, 0.15) is 11.6 Å². The average molecular weight is 292 g/mol. The van der Waals surface area contributed by atoms with E-state index in [0.717, 1.165) is 5.69 Å². The summed E-state index contributed by atoms with van der Waals surface area (Å²) >= 11 is 0. The molecule has 1 aromatic heterocycles. The molecule has 2 heterocycles. The maximum absolute atomic E-state index is 12.5. The third kappa shape index (κ3) is 2.54. The summed E-state index contributed by atoms with van der Waals surface area (Å²) in [5.41, 5.74) is 0.338. The molecule has 1 aliphatic rings. The van der Waals surface area contributed by atoms with Crippen LogP contribution in [0.4, 0.5) is 0 Å². The number of rotatable bonds is 5. The highest BCUT2D eigenvalue weighted by Gasteiger charge is 2.48. The second-order valence-electron chi connectivity index (χ2n) is 5.62. The maximum Gasteiger partial charge on any atom is 0.246 e. The Morgan fingerprint density at radius 2 is 2.00 bits per heavy atom. The molecule has 1 saturated heterocycles. The summed E-state index contributed by atoms with van der Waals surface area (Å²) in [6, 6.07) is 1.49. The number of amides is 2. The number of aromatic nitrogens is 2. The first-order valence-corrected chi connectivity index (χ1v) is 7.55. The molecule has 1 fully saturated rings. The Labute approximate surface area is 125 Å². The van der Waals surface area contributed by atoms with E-state index < -0.39 is 11.6 Å².